The first-order valence-electron chi connectivity index (χ1n) is 6.54. The molecule has 1 heterocycles. The molecule has 0 aliphatic rings. The first-order valence-corrected chi connectivity index (χ1v) is 6.54. The molecule has 1 aromatic carbocycles. The average Bonchev–Trinajstić information content (AvgIpc) is 2.72. The Morgan fingerprint density at radius 1 is 1.42 bits per heavy atom. The number of aliphatic hydroxyl groups is 1. The van der Waals surface area contributed by atoms with Crippen LogP contribution in [0.3, 0.4) is 0 Å². The number of amides is 1. The number of nitrogens with one attached hydrogen (secondary N) is 1. The highest BCUT2D eigenvalue weighted by Crippen LogP contribution is 2.18. The second-order valence-corrected chi connectivity index (χ2v) is 5.02. The summed E-state index contributed by atoms with van der Waals surface area (Å²) in [4.78, 5) is 11.9. The summed E-state index contributed by atoms with van der Waals surface area (Å²) in [6.45, 7) is 4.82. The Morgan fingerprint density at radius 2 is 2.16 bits per heavy atom. The van der Waals surface area contributed by atoms with Crippen LogP contribution in [0, 0.1) is 12.8 Å². The number of aryl methyl sites for hydroxylation is 1. The Bertz CT molecular complexity index is 575. The van der Waals surface area contributed by atoms with Crippen molar-refractivity contribution in [3.05, 3.63) is 36.0 Å². The number of benzene rings is 1. The molecule has 0 spiro atoms. The van der Waals surface area contributed by atoms with Crippen molar-refractivity contribution in [2.45, 2.75) is 20.4 Å². The number of nitrogens with zero attached hydrogens (tertiary/aromatic N) is 1. The molecule has 2 N–H and O–H groups in total. The molecule has 0 saturated heterocycles. The monoisotopic (exact) mass is 260 g/mol. The molecule has 102 valence electrons. The SMILES string of the molecule is Cc1cc2ccccc2n1CC(=O)NCC(C)CO. The number of fused-ring (bicyclic) bond motifs is 1. The molecule has 4 heteroatoms. The Kier molecular flexibility index (Phi) is 4.22. The molecule has 4 nitrogen and oxygen atoms in total. The molecule has 0 bridgehead atoms. The van der Waals surface area contributed by atoms with Crippen molar-refractivity contribution in [1.29, 1.82) is 0 Å². The Balaban J connectivity index is 2.08. The molecule has 1 amide bonds. The maximum atomic E-state index is 11.9. The van der Waals surface area contributed by atoms with Crippen molar-refractivity contribution in [3.63, 3.8) is 0 Å². The highest BCUT2D eigenvalue weighted by atomic mass is 16.3. The van der Waals surface area contributed by atoms with Crippen molar-refractivity contribution in [3.8, 4) is 0 Å². The van der Waals surface area contributed by atoms with Gasteiger partial charge in [0.2, 0.25) is 5.91 Å². The number of carbonyl (C=O) groups excluding carboxylic acids is 1. The fourth-order valence-corrected chi connectivity index (χ4v) is 2.11. The van der Waals surface area contributed by atoms with Gasteiger partial charge in [-0.1, -0.05) is 25.1 Å². The summed E-state index contributed by atoms with van der Waals surface area (Å²) in [6.07, 6.45) is 0. The van der Waals surface area contributed by atoms with E-state index in [1.807, 2.05) is 42.7 Å². The van der Waals surface area contributed by atoms with Crippen LogP contribution in [-0.4, -0.2) is 28.7 Å². The first kappa shape index (κ1) is 13.6. The summed E-state index contributed by atoms with van der Waals surface area (Å²) < 4.78 is 2.01. The molecular formula is C15H20N2O2. The van der Waals surface area contributed by atoms with Gasteiger partial charge in [-0.2, -0.15) is 0 Å². The van der Waals surface area contributed by atoms with Crippen LogP contribution < -0.4 is 5.32 Å². The van der Waals surface area contributed by atoms with Crippen molar-refractivity contribution in [2.75, 3.05) is 13.2 Å². The number of hydrogen-bond donors (Lipinski definition) is 2. The van der Waals surface area contributed by atoms with Gasteiger partial charge in [-0.05, 0) is 30.4 Å². The second-order valence-electron chi connectivity index (χ2n) is 5.02. The number of aromatic nitrogens is 1. The van der Waals surface area contributed by atoms with Crippen molar-refractivity contribution < 1.29 is 9.90 Å². The summed E-state index contributed by atoms with van der Waals surface area (Å²) in [5.74, 6) is 0.0659. The normalized spacial score (nSPS) is 12.6. The Labute approximate surface area is 113 Å². The number of hydrogen-bond acceptors (Lipinski definition) is 2. The van der Waals surface area contributed by atoms with Crippen LogP contribution in [0.4, 0.5) is 0 Å². The lowest BCUT2D eigenvalue weighted by Crippen LogP contribution is -2.32. The van der Waals surface area contributed by atoms with Gasteiger partial charge < -0.3 is 15.0 Å². The average molecular weight is 260 g/mol. The number of para-hydroxylation sites is 1. The molecule has 19 heavy (non-hydrogen) atoms. The lowest BCUT2D eigenvalue weighted by molar-refractivity contribution is -0.121. The quantitative estimate of drug-likeness (QED) is 0.859. The zero-order valence-electron chi connectivity index (χ0n) is 11.4. The van der Waals surface area contributed by atoms with Crippen LogP contribution in [0.15, 0.2) is 30.3 Å². The van der Waals surface area contributed by atoms with E-state index in [2.05, 4.69) is 11.4 Å². The van der Waals surface area contributed by atoms with E-state index < -0.39 is 0 Å². The molecule has 1 unspecified atom stereocenters. The van der Waals surface area contributed by atoms with Crippen molar-refractivity contribution in [2.24, 2.45) is 5.92 Å². The minimum absolute atomic E-state index is 0.0234. The van der Waals surface area contributed by atoms with Crippen LogP contribution in [0.2, 0.25) is 0 Å². The maximum Gasteiger partial charge on any atom is 0.239 e. The fourth-order valence-electron chi connectivity index (χ4n) is 2.11. The molecule has 2 rings (SSSR count). The number of rotatable bonds is 5. The van der Waals surface area contributed by atoms with Crippen LogP contribution in [0.1, 0.15) is 12.6 Å². The predicted molar refractivity (Wildman–Crippen MR) is 75.9 cm³/mol. The number of aliphatic hydroxyl groups excluding tert-OH is 1. The molecule has 2 aromatic rings. The van der Waals surface area contributed by atoms with E-state index in [4.69, 9.17) is 5.11 Å². The van der Waals surface area contributed by atoms with Gasteiger partial charge in [-0.15, -0.1) is 0 Å². The summed E-state index contributed by atoms with van der Waals surface area (Å²) in [6, 6.07) is 10.1. The zero-order valence-corrected chi connectivity index (χ0v) is 11.4. The van der Waals surface area contributed by atoms with Gasteiger partial charge in [0.1, 0.15) is 6.54 Å². The predicted octanol–water partition coefficient (Wildman–Crippen LogP) is 1.69. The maximum absolute atomic E-state index is 11.9. The summed E-state index contributed by atoms with van der Waals surface area (Å²) in [7, 11) is 0. The molecule has 0 aliphatic heterocycles. The molecule has 1 atom stereocenters. The van der Waals surface area contributed by atoms with E-state index in [1.165, 1.54) is 0 Å². The third kappa shape index (κ3) is 3.15. The third-order valence-corrected chi connectivity index (χ3v) is 3.28. The molecule has 0 aliphatic carbocycles. The topological polar surface area (TPSA) is 54.3 Å². The summed E-state index contributed by atoms with van der Waals surface area (Å²) in [5, 5.41) is 12.9. The summed E-state index contributed by atoms with van der Waals surface area (Å²) in [5.41, 5.74) is 2.15. The van der Waals surface area contributed by atoms with E-state index in [9.17, 15) is 4.79 Å². The van der Waals surface area contributed by atoms with Gasteiger partial charge >= 0.3 is 0 Å². The van der Waals surface area contributed by atoms with E-state index in [1.54, 1.807) is 0 Å². The largest absolute Gasteiger partial charge is 0.396 e. The van der Waals surface area contributed by atoms with Crippen LogP contribution in [0.25, 0.3) is 10.9 Å². The van der Waals surface area contributed by atoms with Gasteiger partial charge in [-0.3, -0.25) is 4.79 Å². The minimum Gasteiger partial charge on any atom is -0.396 e. The molecular weight excluding hydrogens is 240 g/mol. The standard InChI is InChI=1S/C15H20N2O2/c1-11(10-18)8-16-15(19)9-17-12(2)7-13-5-3-4-6-14(13)17/h3-7,11,18H,8-10H2,1-2H3,(H,16,19). The van der Waals surface area contributed by atoms with Crippen molar-refractivity contribution in [1.82, 2.24) is 9.88 Å². The van der Waals surface area contributed by atoms with Gasteiger partial charge in [0, 0.05) is 24.4 Å². The second kappa shape index (κ2) is 5.89. The van der Waals surface area contributed by atoms with Crippen LogP contribution in [-0.2, 0) is 11.3 Å². The minimum atomic E-state index is -0.0234. The third-order valence-electron chi connectivity index (χ3n) is 3.28. The fraction of sp³-hybridized carbons (Fsp3) is 0.400. The lowest BCUT2D eigenvalue weighted by Gasteiger charge is -2.11. The van der Waals surface area contributed by atoms with Gasteiger partial charge in [0.05, 0.1) is 0 Å². The summed E-state index contributed by atoms with van der Waals surface area (Å²) >= 11 is 0. The highest BCUT2D eigenvalue weighted by molar-refractivity contribution is 5.84. The van der Waals surface area contributed by atoms with E-state index in [-0.39, 0.29) is 18.4 Å². The molecule has 0 saturated carbocycles. The van der Waals surface area contributed by atoms with E-state index in [0.29, 0.717) is 13.1 Å². The molecule has 1 aromatic heterocycles. The van der Waals surface area contributed by atoms with Crippen LogP contribution in [0.5, 0.6) is 0 Å². The van der Waals surface area contributed by atoms with E-state index >= 15 is 0 Å². The van der Waals surface area contributed by atoms with E-state index in [0.717, 1.165) is 16.6 Å². The number of carbonyl (C=O) groups is 1. The Hall–Kier alpha value is -1.81. The van der Waals surface area contributed by atoms with Gasteiger partial charge in [0.15, 0.2) is 0 Å². The zero-order chi connectivity index (χ0) is 13.8. The van der Waals surface area contributed by atoms with Gasteiger partial charge in [-0.25, -0.2) is 0 Å². The smallest absolute Gasteiger partial charge is 0.239 e. The first-order chi connectivity index (χ1) is 9.11. The van der Waals surface area contributed by atoms with Gasteiger partial charge in [0.25, 0.3) is 0 Å². The Morgan fingerprint density at radius 3 is 2.89 bits per heavy atom. The lowest BCUT2D eigenvalue weighted by atomic mass is 10.2. The van der Waals surface area contributed by atoms with Crippen molar-refractivity contribution >= 4 is 16.8 Å². The molecule has 0 radical (unpaired) electrons. The van der Waals surface area contributed by atoms with Crippen LogP contribution >= 0.6 is 0 Å². The molecule has 0 fully saturated rings. The highest BCUT2D eigenvalue weighted by Gasteiger charge is 2.10.